The molecule has 1 saturated heterocycles. The lowest BCUT2D eigenvalue weighted by atomic mass is 10.1. The Morgan fingerprint density at radius 1 is 1.21 bits per heavy atom. The minimum atomic E-state index is 0.0907. The van der Waals surface area contributed by atoms with Gasteiger partial charge in [-0.3, -0.25) is 9.69 Å². The molecule has 2 aliphatic rings. The molecule has 0 aromatic heterocycles. The zero-order chi connectivity index (χ0) is 13.4. The summed E-state index contributed by atoms with van der Waals surface area (Å²) in [5.74, 6) is 0.306. The predicted octanol–water partition coefficient (Wildman–Crippen LogP) is 1.62. The fourth-order valence-electron chi connectivity index (χ4n) is 2.79. The molecule has 1 heterocycles. The Morgan fingerprint density at radius 2 is 1.89 bits per heavy atom. The van der Waals surface area contributed by atoms with Crippen molar-refractivity contribution in [1.82, 2.24) is 9.80 Å². The Kier molecular flexibility index (Phi) is 3.19. The topological polar surface area (TPSA) is 43.8 Å². The molecule has 0 atom stereocenters. The van der Waals surface area contributed by atoms with Crippen molar-refractivity contribution >= 4 is 5.91 Å². The van der Waals surface area contributed by atoms with E-state index in [1.54, 1.807) is 18.2 Å². The zero-order valence-corrected chi connectivity index (χ0v) is 11.3. The number of carbonyl (C=O) groups is 1. The van der Waals surface area contributed by atoms with Gasteiger partial charge in [0.2, 0.25) is 0 Å². The summed E-state index contributed by atoms with van der Waals surface area (Å²) in [6.07, 6.45) is 2.65. The molecule has 2 fully saturated rings. The van der Waals surface area contributed by atoms with E-state index in [1.165, 1.54) is 12.8 Å². The average Bonchev–Trinajstić information content (AvgIpc) is 3.22. The highest BCUT2D eigenvalue weighted by Crippen LogP contribution is 2.27. The highest BCUT2D eigenvalue weighted by atomic mass is 16.3. The van der Waals surface area contributed by atoms with Gasteiger partial charge in [0.15, 0.2) is 0 Å². The van der Waals surface area contributed by atoms with E-state index in [0.29, 0.717) is 5.56 Å². The maximum Gasteiger partial charge on any atom is 0.254 e. The second-order valence-electron chi connectivity index (χ2n) is 5.56. The second kappa shape index (κ2) is 4.85. The highest BCUT2D eigenvalue weighted by molar-refractivity contribution is 5.95. The third-order valence-electron chi connectivity index (χ3n) is 4.11. The number of rotatable bonds is 2. The Balaban J connectivity index is 1.67. The van der Waals surface area contributed by atoms with Crippen molar-refractivity contribution in [2.75, 3.05) is 26.2 Å². The van der Waals surface area contributed by atoms with Gasteiger partial charge >= 0.3 is 0 Å². The minimum absolute atomic E-state index is 0.0907. The molecule has 19 heavy (non-hydrogen) atoms. The first kappa shape index (κ1) is 12.5. The van der Waals surface area contributed by atoms with Crippen LogP contribution in [0.25, 0.3) is 0 Å². The number of benzene rings is 1. The van der Waals surface area contributed by atoms with Crippen LogP contribution in [0, 0.1) is 6.92 Å². The van der Waals surface area contributed by atoms with Crippen LogP contribution >= 0.6 is 0 Å². The molecule has 1 aromatic carbocycles. The molecular formula is C15H20N2O2. The zero-order valence-electron chi connectivity index (χ0n) is 11.3. The first-order chi connectivity index (χ1) is 9.15. The van der Waals surface area contributed by atoms with E-state index < -0.39 is 0 Å². The van der Waals surface area contributed by atoms with E-state index in [-0.39, 0.29) is 11.7 Å². The van der Waals surface area contributed by atoms with E-state index in [1.807, 2.05) is 11.8 Å². The fourth-order valence-corrected chi connectivity index (χ4v) is 2.79. The predicted molar refractivity (Wildman–Crippen MR) is 73.3 cm³/mol. The lowest BCUT2D eigenvalue weighted by molar-refractivity contribution is 0.0626. The minimum Gasteiger partial charge on any atom is -0.508 e. The van der Waals surface area contributed by atoms with E-state index in [2.05, 4.69) is 4.90 Å². The van der Waals surface area contributed by atoms with Crippen molar-refractivity contribution in [3.63, 3.8) is 0 Å². The molecule has 4 nitrogen and oxygen atoms in total. The van der Waals surface area contributed by atoms with Gasteiger partial charge in [-0.25, -0.2) is 0 Å². The van der Waals surface area contributed by atoms with Gasteiger partial charge in [0.25, 0.3) is 5.91 Å². The SMILES string of the molecule is Cc1cc(O)ccc1C(=O)N1CCN(C2CC2)CC1. The van der Waals surface area contributed by atoms with Crippen LogP contribution < -0.4 is 0 Å². The third kappa shape index (κ3) is 2.59. The average molecular weight is 260 g/mol. The van der Waals surface area contributed by atoms with Crippen LogP contribution in [0.4, 0.5) is 0 Å². The van der Waals surface area contributed by atoms with E-state index >= 15 is 0 Å². The number of carbonyl (C=O) groups excluding carboxylic acids is 1. The fraction of sp³-hybridized carbons (Fsp3) is 0.533. The van der Waals surface area contributed by atoms with Crippen LogP contribution in [0.5, 0.6) is 5.75 Å². The maximum absolute atomic E-state index is 12.4. The standard InChI is InChI=1S/C15H20N2O2/c1-11-10-13(18)4-5-14(11)15(19)17-8-6-16(7-9-17)12-2-3-12/h4-5,10,12,18H,2-3,6-9H2,1H3. The number of phenolic OH excluding ortho intramolecular Hbond substituents is 1. The summed E-state index contributed by atoms with van der Waals surface area (Å²) in [5.41, 5.74) is 1.55. The first-order valence-electron chi connectivity index (χ1n) is 6.98. The van der Waals surface area contributed by atoms with Crippen LogP contribution in [0.15, 0.2) is 18.2 Å². The molecule has 0 bridgehead atoms. The van der Waals surface area contributed by atoms with Gasteiger partial charge in [0.05, 0.1) is 0 Å². The van der Waals surface area contributed by atoms with Crippen LogP contribution in [-0.2, 0) is 0 Å². The summed E-state index contributed by atoms with van der Waals surface area (Å²) in [6, 6.07) is 5.74. The summed E-state index contributed by atoms with van der Waals surface area (Å²) < 4.78 is 0. The number of phenols is 1. The number of hydrogen-bond donors (Lipinski definition) is 1. The van der Waals surface area contributed by atoms with Crippen molar-refractivity contribution in [3.8, 4) is 5.75 Å². The largest absolute Gasteiger partial charge is 0.508 e. The van der Waals surface area contributed by atoms with Crippen molar-refractivity contribution in [2.24, 2.45) is 0 Å². The molecule has 0 radical (unpaired) electrons. The molecule has 1 amide bonds. The van der Waals surface area contributed by atoms with Gasteiger partial charge < -0.3 is 10.0 Å². The maximum atomic E-state index is 12.4. The Morgan fingerprint density at radius 3 is 2.47 bits per heavy atom. The van der Waals surface area contributed by atoms with Crippen molar-refractivity contribution < 1.29 is 9.90 Å². The van der Waals surface area contributed by atoms with Crippen LogP contribution in [-0.4, -0.2) is 53.0 Å². The summed E-state index contributed by atoms with van der Waals surface area (Å²) in [7, 11) is 0. The summed E-state index contributed by atoms with van der Waals surface area (Å²) in [4.78, 5) is 16.9. The normalized spacial score (nSPS) is 20.6. The number of amides is 1. The Bertz CT molecular complexity index is 489. The van der Waals surface area contributed by atoms with Gasteiger partial charge in [0, 0.05) is 37.8 Å². The molecule has 1 aliphatic carbocycles. The van der Waals surface area contributed by atoms with Crippen molar-refractivity contribution in [3.05, 3.63) is 29.3 Å². The molecule has 0 unspecified atom stereocenters. The van der Waals surface area contributed by atoms with Gasteiger partial charge in [-0.05, 0) is 43.5 Å². The van der Waals surface area contributed by atoms with Crippen LogP contribution in [0.2, 0.25) is 0 Å². The number of hydrogen-bond acceptors (Lipinski definition) is 3. The molecule has 1 aromatic rings. The molecule has 3 rings (SSSR count). The number of nitrogens with zero attached hydrogens (tertiary/aromatic N) is 2. The van der Waals surface area contributed by atoms with Gasteiger partial charge in [-0.2, -0.15) is 0 Å². The molecule has 4 heteroatoms. The molecule has 0 spiro atoms. The lowest BCUT2D eigenvalue weighted by Crippen LogP contribution is -2.49. The molecule has 1 saturated carbocycles. The summed E-state index contributed by atoms with van der Waals surface area (Å²) in [6.45, 7) is 5.49. The highest BCUT2D eigenvalue weighted by Gasteiger charge is 2.32. The summed E-state index contributed by atoms with van der Waals surface area (Å²) in [5, 5.41) is 9.40. The van der Waals surface area contributed by atoms with E-state index in [0.717, 1.165) is 37.8 Å². The number of aromatic hydroxyl groups is 1. The van der Waals surface area contributed by atoms with Crippen molar-refractivity contribution in [1.29, 1.82) is 0 Å². The number of aryl methyl sites for hydroxylation is 1. The van der Waals surface area contributed by atoms with Gasteiger partial charge in [-0.15, -0.1) is 0 Å². The lowest BCUT2D eigenvalue weighted by Gasteiger charge is -2.35. The van der Waals surface area contributed by atoms with E-state index in [9.17, 15) is 9.90 Å². The van der Waals surface area contributed by atoms with Crippen LogP contribution in [0.3, 0.4) is 0 Å². The Labute approximate surface area is 113 Å². The third-order valence-corrected chi connectivity index (χ3v) is 4.11. The molecule has 1 N–H and O–H groups in total. The van der Waals surface area contributed by atoms with Gasteiger partial charge in [-0.1, -0.05) is 0 Å². The summed E-state index contributed by atoms with van der Waals surface area (Å²) >= 11 is 0. The monoisotopic (exact) mass is 260 g/mol. The van der Waals surface area contributed by atoms with Crippen LogP contribution in [0.1, 0.15) is 28.8 Å². The molecule has 1 aliphatic heterocycles. The van der Waals surface area contributed by atoms with Gasteiger partial charge in [0.1, 0.15) is 5.75 Å². The van der Waals surface area contributed by atoms with E-state index in [4.69, 9.17) is 0 Å². The Hall–Kier alpha value is -1.55. The van der Waals surface area contributed by atoms with Crippen molar-refractivity contribution in [2.45, 2.75) is 25.8 Å². The smallest absolute Gasteiger partial charge is 0.254 e. The first-order valence-corrected chi connectivity index (χ1v) is 6.98. The number of piperazine rings is 1. The molecular weight excluding hydrogens is 240 g/mol. The second-order valence-corrected chi connectivity index (χ2v) is 5.56. The quantitative estimate of drug-likeness (QED) is 0.879. The molecule has 102 valence electrons.